The van der Waals surface area contributed by atoms with Crippen LogP contribution in [0.4, 0.5) is 0 Å². The summed E-state index contributed by atoms with van der Waals surface area (Å²) in [6.45, 7) is 13.7. The van der Waals surface area contributed by atoms with Gasteiger partial charge in [0.2, 0.25) is 5.91 Å². The van der Waals surface area contributed by atoms with Gasteiger partial charge in [-0.05, 0) is 58.1 Å². The van der Waals surface area contributed by atoms with Gasteiger partial charge in [-0.1, -0.05) is 38.1 Å². The van der Waals surface area contributed by atoms with E-state index in [1.165, 1.54) is 0 Å². The molecule has 1 amide bonds. The van der Waals surface area contributed by atoms with Gasteiger partial charge in [0.15, 0.2) is 0 Å². The number of benzene rings is 1. The minimum Gasteiger partial charge on any atom is -0.399 e. The molecule has 3 heterocycles. The molecule has 2 fully saturated rings. The van der Waals surface area contributed by atoms with Gasteiger partial charge in [-0.3, -0.25) is 4.79 Å². The number of amides is 1. The normalized spacial score (nSPS) is 24.0. The van der Waals surface area contributed by atoms with Gasteiger partial charge in [0.1, 0.15) is 5.82 Å². The van der Waals surface area contributed by atoms with E-state index in [0.717, 1.165) is 29.0 Å². The van der Waals surface area contributed by atoms with Crippen molar-refractivity contribution in [3.05, 3.63) is 36.3 Å². The van der Waals surface area contributed by atoms with Gasteiger partial charge < -0.3 is 29.2 Å². The first-order valence-electron chi connectivity index (χ1n) is 12.9. The molecule has 4 rings (SSSR count). The van der Waals surface area contributed by atoms with E-state index in [2.05, 4.69) is 64.0 Å². The monoisotopic (exact) mass is 496 g/mol. The second-order valence-corrected chi connectivity index (χ2v) is 11.5. The van der Waals surface area contributed by atoms with Crippen molar-refractivity contribution < 1.29 is 18.8 Å². The number of nitrogens with zero attached hydrogens (tertiary/aromatic N) is 2. The summed E-state index contributed by atoms with van der Waals surface area (Å²) in [6, 6.07) is 7.85. The summed E-state index contributed by atoms with van der Waals surface area (Å²) in [5.41, 5.74) is 2.18. The third-order valence-electron chi connectivity index (χ3n) is 7.98. The van der Waals surface area contributed by atoms with Crippen LogP contribution in [0.5, 0.6) is 0 Å². The Hall–Kier alpha value is -2.20. The number of likely N-dealkylation sites (tertiary alicyclic amines) is 1. The number of likely N-dealkylation sites (N-methyl/N-ethyl adjacent to an activating group) is 1. The summed E-state index contributed by atoms with van der Waals surface area (Å²) in [5.74, 6) is 1.40. The molecule has 3 atom stereocenters. The molecule has 8 nitrogen and oxygen atoms in total. The molecular formula is C27H41BN4O4. The molecule has 3 unspecified atom stereocenters. The largest absolute Gasteiger partial charge is 0.494 e. The van der Waals surface area contributed by atoms with Gasteiger partial charge in [-0.2, -0.15) is 0 Å². The maximum atomic E-state index is 13.4. The van der Waals surface area contributed by atoms with Crippen molar-refractivity contribution in [1.82, 2.24) is 20.2 Å². The summed E-state index contributed by atoms with van der Waals surface area (Å²) in [7, 11) is 3.17. The van der Waals surface area contributed by atoms with E-state index in [9.17, 15) is 4.79 Å². The van der Waals surface area contributed by atoms with Gasteiger partial charge >= 0.3 is 7.12 Å². The zero-order chi connectivity index (χ0) is 26.3. The molecular weight excluding hydrogens is 455 g/mol. The summed E-state index contributed by atoms with van der Waals surface area (Å²) >= 11 is 0. The van der Waals surface area contributed by atoms with Gasteiger partial charge in [0.25, 0.3) is 0 Å². The Balaban J connectivity index is 1.53. The SMILES string of the molecule is CNC(C(=O)N1CC(COC)CC1c1ncc(-c2ccc(B3OC(C)(C)C(C)(C)O3)cc2)[nH]1)C(C)C. The number of carbonyl (C=O) groups is 1. The predicted molar refractivity (Wildman–Crippen MR) is 142 cm³/mol. The molecule has 0 bridgehead atoms. The zero-order valence-corrected chi connectivity index (χ0v) is 22.9. The van der Waals surface area contributed by atoms with Crippen molar-refractivity contribution >= 4 is 18.5 Å². The van der Waals surface area contributed by atoms with E-state index in [0.29, 0.717) is 13.2 Å². The lowest BCUT2D eigenvalue weighted by atomic mass is 9.79. The summed E-state index contributed by atoms with van der Waals surface area (Å²) in [6.07, 6.45) is 2.67. The van der Waals surface area contributed by atoms with Crippen molar-refractivity contribution in [3.8, 4) is 11.3 Å². The minimum absolute atomic E-state index is 0.106. The second-order valence-electron chi connectivity index (χ2n) is 11.5. The van der Waals surface area contributed by atoms with E-state index in [-0.39, 0.29) is 41.0 Å². The summed E-state index contributed by atoms with van der Waals surface area (Å²) < 4.78 is 17.8. The maximum Gasteiger partial charge on any atom is 0.494 e. The summed E-state index contributed by atoms with van der Waals surface area (Å²) in [5, 5.41) is 3.19. The molecule has 196 valence electrons. The number of aromatic nitrogens is 2. The Bertz CT molecular complexity index is 1040. The van der Waals surface area contributed by atoms with Crippen molar-refractivity contribution in [2.45, 2.75) is 71.2 Å². The van der Waals surface area contributed by atoms with Crippen LogP contribution in [0.15, 0.2) is 30.5 Å². The van der Waals surface area contributed by atoms with Crippen molar-refractivity contribution in [3.63, 3.8) is 0 Å². The molecule has 0 aliphatic carbocycles. The number of methoxy groups -OCH3 is 1. The molecule has 2 N–H and O–H groups in total. The highest BCUT2D eigenvalue weighted by Gasteiger charge is 2.51. The Morgan fingerprint density at radius 2 is 1.86 bits per heavy atom. The molecule has 2 saturated heterocycles. The zero-order valence-electron chi connectivity index (χ0n) is 22.9. The van der Waals surface area contributed by atoms with E-state index in [1.807, 2.05) is 30.3 Å². The number of hydrogen-bond donors (Lipinski definition) is 2. The quantitative estimate of drug-likeness (QED) is 0.546. The number of H-pyrrole nitrogens is 1. The van der Waals surface area contributed by atoms with Gasteiger partial charge in [-0.25, -0.2) is 4.98 Å². The third-order valence-corrected chi connectivity index (χ3v) is 7.98. The number of nitrogens with one attached hydrogen (secondary N) is 2. The minimum atomic E-state index is -0.391. The van der Waals surface area contributed by atoms with Crippen molar-refractivity contribution in [2.24, 2.45) is 11.8 Å². The average molecular weight is 496 g/mol. The lowest BCUT2D eigenvalue weighted by molar-refractivity contribution is -0.135. The Kier molecular flexibility index (Phi) is 7.67. The number of ether oxygens (including phenoxy) is 1. The van der Waals surface area contributed by atoms with Crippen LogP contribution in [0.1, 0.15) is 59.8 Å². The van der Waals surface area contributed by atoms with Crippen LogP contribution in [-0.2, 0) is 18.8 Å². The molecule has 0 spiro atoms. The maximum absolute atomic E-state index is 13.4. The Morgan fingerprint density at radius 1 is 1.22 bits per heavy atom. The number of aromatic amines is 1. The predicted octanol–water partition coefficient (Wildman–Crippen LogP) is 3.16. The number of imidazole rings is 1. The van der Waals surface area contributed by atoms with Crippen LogP contribution in [-0.4, -0.2) is 72.4 Å². The fourth-order valence-electron chi connectivity index (χ4n) is 5.15. The number of rotatable bonds is 8. The first-order valence-corrected chi connectivity index (χ1v) is 12.9. The molecule has 2 aromatic rings. The van der Waals surface area contributed by atoms with Crippen LogP contribution in [0.25, 0.3) is 11.3 Å². The second kappa shape index (κ2) is 10.3. The lowest BCUT2D eigenvalue weighted by Crippen LogP contribution is -2.48. The Morgan fingerprint density at radius 3 is 2.42 bits per heavy atom. The van der Waals surface area contributed by atoms with Crippen molar-refractivity contribution in [1.29, 1.82) is 0 Å². The fraction of sp³-hybridized carbons (Fsp3) is 0.630. The van der Waals surface area contributed by atoms with Gasteiger partial charge in [0.05, 0.1) is 41.8 Å². The fourth-order valence-corrected chi connectivity index (χ4v) is 5.15. The van der Waals surface area contributed by atoms with E-state index >= 15 is 0 Å². The standard InChI is InChI=1S/C27H41BN4O4/c1-17(2)23(29-7)25(33)32-15-18(16-34-8)13-22(32)24-30-14-21(31-24)19-9-11-20(12-10-19)28-35-26(3,4)27(5,6)36-28/h9-12,14,17-18,22-23,29H,13,15-16H2,1-8H3,(H,30,31). The third kappa shape index (κ3) is 5.12. The Labute approximate surface area is 215 Å². The highest BCUT2D eigenvalue weighted by molar-refractivity contribution is 6.62. The average Bonchev–Trinajstić information content (AvgIpc) is 3.50. The van der Waals surface area contributed by atoms with Crippen LogP contribution in [0.2, 0.25) is 0 Å². The molecule has 1 aromatic heterocycles. The summed E-state index contributed by atoms with van der Waals surface area (Å²) in [4.78, 5) is 23.6. The molecule has 2 aliphatic rings. The first kappa shape index (κ1) is 26.9. The highest BCUT2D eigenvalue weighted by atomic mass is 16.7. The van der Waals surface area contributed by atoms with Crippen molar-refractivity contribution in [2.75, 3.05) is 27.3 Å². The van der Waals surface area contributed by atoms with Crippen LogP contribution < -0.4 is 10.8 Å². The number of carbonyl (C=O) groups excluding carboxylic acids is 1. The smallest absolute Gasteiger partial charge is 0.399 e. The molecule has 36 heavy (non-hydrogen) atoms. The van der Waals surface area contributed by atoms with E-state index in [4.69, 9.17) is 19.0 Å². The highest BCUT2D eigenvalue weighted by Crippen LogP contribution is 2.37. The molecule has 2 aliphatic heterocycles. The van der Waals surface area contributed by atoms with Crippen LogP contribution >= 0.6 is 0 Å². The topological polar surface area (TPSA) is 88.7 Å². The lowest BCUT2D eigenvalue weighted by Gasteiger charge is -2.32. The molecule has 0 saturated carbocycles. The first-order chi connectivity index (χ1) is 17.0. The van der Waals surface area contributed by atoms with Gasteiger partial charge in [-0.15, -0.1) is 0 Å². The van der Waals surface area contributed by atoms with Gasteiger partial charge in [0, 0.05) is 19.6 Å². The number of hydrogen-bond acceptors (Lipinski definition) is 6. The molecule has 0 radical (unpaired) electrons. The van der Waals surface area contributed by atoms with E-state index < -0.39 is 7.12 Å². The molecule has 9 heteroatoms. The van der Waals surface area contributed by atoms with E-state index in [1.54, 1.807) is 7.11 Å². The van der Waals surface area contributed by atoms with Crippen LogP contribution in [0.3, 0.4) is 0 Å². The van der Waals surface area contributed by atoms with Crippen LogP contribution in [0, 0.1) is 11.8 Å². The molecule has 1 aromatic carbocycles.